The van der Waals surface area contributed by atoms with Gasteiger partial charge in [-0.25, -0.2) is 0 Å². The lowest BCUT2D eigenvalue weighted by Crippen LogP contribution is -2.00. The van der Waals surface area contributed by atoms with Gasteiger partial charge in [-0.2, -0.15) is 0 Å². The lowest BCUT2D eigenvalue weighted by molar-refractivity contribution is -0.137. The highest BCUT2D eigenvalue weighted by Crippen LogP contribution is 2.13. The zero-order valence-electron chi connectivity index (χ0n) is 18.3. The third kappa shape index (κ3) is 8.45. The quantitative estimate of drug-likeness (QED) is 0.503. The molecule has 0 unspecified atom stereocenters. The Balaban J connectivity index is 1.47. The van der Waals surface area contributed by atoms with Crippen molar-refractivity contribution in [2.75, 3.05) is 13.2 Å². The second kappa shape index (κ2) is 12.4. The van der Waals surface area contributed by atoms with Crippen LogP contribution in [0, 0.1) is 23.7 Å². The molecule has 0 aliphatic heterocycles. The molecule has 0 aromatic heterocycles. The van der Waals surface area contributed by atoms with Crippen LogP contribution < -0.4 is 9.47 Å². The number of rotatable bonds is 8. The van der Waals surface area contributed by atoms with E-state index in [9.17, 15) is 9.59 Å². The van der Waals surface area contributed by atoms with Crippen molar-refractivity contribution >= 4 is 11.9 Å². The van der Waals surface area contributed by atoms with E-state index >= 15 is 0 Å². The molecular weight excluding hydrogens is 432 g/mol. The third-order valence-corrected chi connectivity index (χ3v) is 4.51. The smallest absolute Gasteiger partial charge is 0.307 e. The summed E-state index contributed by atoms with van der Waals surface area (Å²) in [4.78, 5) is 21.4. The Hall–Kier alpha value is -4.68. The zero-order chi connectivity index (χ0) is 24.2. The topological polar surface area (TPSA) is 93.1 Å². The van der Waals surface area contributed by atoms with Crippen LogP contribution in [0.25, 0.3) is 0 Å². The Labute approximate surface area is 197 Å². The van der Waals surface area contributed by atoms with Gasteiger partial charge < -0.3 is 19.7 Å². The van der Waals surface area contributed by atoms with Gasteiger partial charge in [-0.05, 0) is 53.6 Å². The van der Waals surface area contributed by atoms with Gasteiger partial charge in [0.25, 0.3) is 0 Å². The average Bonchev–Trinajstić information content (AvgIpc) is 2.81. The normalized spacial score (nSPS) is 9.65. The highest BCUT2D eigenvalue weighted by molar-refractivity contribution is 5.70. The molecule has 0 heterocycles. The lowest BCUT2D eigenvalue weighted by Gasteiger charge is -2.03. The highest BCUT2D eigenvalue weighted by atomic mass is 16.5. The largest absolute Gasteiger partial charge is 0.481 e. The molecule has 3 rings (SSSR count). The predicted molar refractivity (Wildman–Crippen MR) is 127 cm³/mol. The average molecular weight is 454 g/mol. The van der Waals surface area contributed by atoms with Crippen LogP contribution in [-0.2, 0) is 22.4 Å². The number of hydrogen-bond donors (Lipinski definition) is 2. The van der Waals surface area contributed by atoms with E-state index in [1.807, 2.05) is 24.3 Å². The van der Waals surface area contributed by atoms with Crippen molar-refractivity contribution in [2.24, 2.45) is 0 Å². The van der Waals surface area contributed by atoms with Crippen molar-refractivity contribution in [3.05, 3.63) is 95.1 Å². The second-order valence-electron chi connectivity index (χ2n) is 7.19. The number of carboxylic acid groups (broad SMARTS) is 2. The molecule has 0 saturated carbocycles. The van der Waals surface area contributed by atoms with Gasteiger partial charge in [0.15, 0.2) is 0 Å². The summed E-state index contributed by atoms with van der Waals surface area (Å²) in [6.07, 6.45) is -0.0414. The number of ether oxygens (including phenoxy) is 2. The molecule has 6 heteroatoms. The second-order valence-corrected chi connectivity index (χ2v) is 7.19. The first-order chi connectivity index (χ1) is 16.5. The van der Waals surface area contributed by atoms with Gasteiger partial charge in [0.1, 0.15) is 24.7 Å². The molecule has 0 aliphatic carbocycles. The number of carbonyl (C=O) groups is 2. The van der Waals surface area contributed by atoms with E-state index in [0.717, 1.165) is 11.1 Å². The van der Waals surface area contributed by atoms with Crippen LogP contribution in [0.1, 0.15) is 22.3 Å². The van der Waals surface area contributed by atoms with E-state index in [2.05, 4.69) is 23.7 Å². The fourth-order valence-corrected chi connectivity index (χ4v) is 2.95. The fourth-order valence-electron chi connectivity index (χ4n) is 2.95. The van der Waals surface area contributed by atoms with Gasteiger partial charge >= 0.3 is 11.9 Å². The van der Waals surface area contributed by atoms with Crippen molar-refractivity contribution in [3.63, 3.8) is 0 Å². The Kier molecular flexibility index (Phi) is 8.73. The summed E-state index contributed by atoms with van der Waals surface area (Å²) >= 11 is 0. The van der Waals surface area contributed by atoms with Crippen LogP contribution in [0.15, 0.2) is 72.8 Å². The van der Waals surface area contributed by atoms with Crippen LogP contribution in [0.5, 0.6) is 11.5 Å². The Morgan fingerprint density at radius 2 is 1.06 bits per heavy atom. The molecule has 0 aliphatic rings. The summed E-state index contributed by atoms with van der Waals surface area (Å²) in [6.45, 7) is 0.403. The molecule has 0 radical (unpaired) electrons. The number of carboxylic acids is 2. The molecule has 0 saturated heterocycles. The Bertz CT molecular complexity index is 1160. The Morgan fingerprint density at radius 3 is 1.44 bits per heavy atom. The van der Waals surface area contributed by atoms with Gasteiger partial charge in [0.05, 0.1) is 12.8 Å². The first kappa shape index (κ1) is 24.0. The summed E-state index contributed by atoms with van der Waals surface area (Å²) < 4.78 is 11.1. The van der Waals surface area contributed by atoms with Crippen LogP contribution >= 0.6 is 0 Å². The van der Waals surface area contributed by atoms with E-state index in [1.165, 1.54) is 0 Å². The van der Waals surface area contributed by atoms with Crippen molar-refractivity contribution < 1.29 is 29.3 Å². The van der Waals surface area contributed by atoms with Crippen LogP contribution in [0.3, 0.4) is 0 Å². The molecular formula is C28H22O6. The molecule has 0 amide bonds. The van der Waals surface area contributed by atoms with E-state index < -0.39 is 11.9 Å². The van der Waals surface area contributed by atoms with Gasteiger partial charge in [0, 0.05) is 11.1 Å². The monoisotopic (exact) mass is 454 g/mol. The number of benzene rings is 3. The van der Waals surface area contributed by atoms with E-state index in [0.29, 0.717) is 22.6 Å². The van der Waals surface area contributed by atoms with Crippen molar-refractivity contribution in [1.82, 2.24) is 0 Å². The molecule has 3 aromatic carbocycles. The molecule has 0 atom stereocenters. The summed E-state index contributed by atoms with van der Waals surface area (Å²) in [7, 11) is 0. The van der Waals surface area contributed by atoms with Crippen LogP contribution in [0.2, 0.25) is 0 Å². The summed E-state index contributed by atoms with van der Waals surface area (Å²) in [6, 6.07) is 21.3. The maximum absolute atomic E-state index is 10.7. The van der Waals surface area contributed by atoms with Gasteiger partial charge in [-0.3, -0.25) is 9.59 Å². The summed E-state index contributed by atoms with van der Waals surface area (Å²) in [5, 5.41) is 17.6. The summed E-state index contributed by atoms with van der Waals surface area (Å²) in [5.41, 5.74) is 3.04. The zero-order valence-corrected chi connectivity index (χ0v) is 18.3. The Morgan fingerprint density at radius 1 is 0.647 bits per heavy atom. The minimum Gasteiger partial charge on any atom is -0.481 e. The highest BCUT2D eigenvalue weighted by Gasteiger charge is 2.01. The molecule has 3 aromatic rings. The van der Waals surface area contributed by atoms with Crippen LogP contribution in [-0.4, -0.2) is 35.4 Å². The standard InChI is InChI=1S/C28H22O6/c29-27(30)19-23-8-12-25(13-9-23)33-16-2-6-21-4-1-5-22(18-21)7-3-17-34-26-14-10-24(11-15-26)20-28(31)32/h1,4-5,8-15,18H,16-17,19-20H2,(H,29,30)(H,31,32). The lowest BCUT2D eigenvalue weighted by atomic mass is 10.1. The van der Waals surface area contributed by atoms with Crippen molar-refractivity contribution in [2.45, 2.75) is 12.8 Å². The van der Waals surface area contributed by atoms with Crippen molar-refractivity contribution in [1.29, 1.82) is 0 Å². The first-order valence-electron chi connectivity index (χ1n) is 10.4. The number of aliphatic carboxylic acids is 2. The summed E-state index contributed by atoms with van der Waals surface area (Å²) in [5.74, 6) is 11.5. The van der Waals surface area contributed by atoms with E-state index in [1.54, 1.807) is 48.5 Å². The van der Waals surface area contributed by atoms with Gasteiger partial charge in [-0.1, -0.05) is 54.0 Å². The number of hydrogen-bond acceptors (Lipinski definition) is 4. The molecule has 34 heavy (non-hydrogen) atoms. The maximum atomic E-state index is 10.7. The molecule has 0 spiro atoms. The van der Waals surface area contributed by atoms with E-state index in [-0.39, 0.29) is 26.1 Å². The predicted octanol–water partition coefficient (Wildman–Crippen LogP) is 3.80. The first-order valence-corrected chi connectivity index (χ1v) is 10.4. The van der Waals surface area contributed by atoms with Crippen LogP contribution in [0.4, 0.5) is 0 Å². The van der Waals surface area contributed by atoms with Gasteiger partial charge in [0.2, 0.25) is 0 Å². The maximum Gasteiger partial charge on any atom is 0.307 e. The minimum atomic E-state index is -0.872. The molecule has 170 valence electrons. The SMILES string of the molecule is O=C(O)Cc1ccc(OCC#Cc2cccc(C#CCOc3ccc(CC(=O)O)cc3)c2)cc1. The third-order valence-electron chi connectivity index (χ3n) is 4.51. The molecule has 0 fully saturated rings. The fraction of sp³-hybridized carbons (Fsp3) is 0.143. The molecule has 0 bridgehead atoms. The van der Waals surface area contributed by atoms with Crippen molar-refractivity contribution in [3.8, 4) is 35.2 Å². The van der Waals surface area contributed by atoms with Gasteiger partial charge in [-0.15, -0.1) is 0 Å². The molecule has 2 N–H and O–H groups in total. The van der Waals surface area contributed by atoms with E-state index in [4.69, 9.17) is 19.7 Å². The minimum absolute atomic E-state index is 0.0207. The molecule has 6 nitrogen and oxygen atoms in total.